The van der Waals surface area contributed by atoms with Crippen LogP contribution in [0.1, 0.15) is 65.4 Å². The highest BCUT2D eigenvalue weighted by atomic mass is 19.4. The highest BCUT2D eigenvalue weighted by molar-refractivity contribution is 6.03. The third kappa shape index (κ3) is 5.27. The summed E-state index contributed by atoms with van der Waals surface area (Å²) in [4.78, 5) is 42.0. The van der Waals surface area contributed by atoms with E-state index >= 15 is 0 Å². The van der Waals surface area contributed by atoms with E-state index in [2.05, 4.69) is 17.2 Å². The zero-order valence-electron chi connectivity index (χ0n) is 21.9. The Morgan fingerprint density at radius 1 is 1.19 bits per heavy atom. The van der Waals surface area contributed by atoms with Crippen LogP contribution in [0.3, 0.4) is 0 Å². The summed E-state index contributed by atoms with van der Waals surface area (Å²) in [6.07, 6.45) is 0.390. The highest BCUT2D eigenvalue weighted by Gasteiger charge is 2.66. The van der Waals surface area contributed by atoms with Crippen molar-refractivity contribution in [1.82, 2.24) is 10.2 Å². The first-order valence-corrected chi connectivity index (χ1v) is 12.9. The van der Waals surface area contributed by atoms with Crippen molar-refractivity contribution in [1.29, 1.82) is 0 Å². The second-order valence-electron chi connectivity index (χ2n) is 12.1. The summed E-state index contributed by atoms with van der Waals surface area (Å²) >= 11 is 0. The van der Waals surface area contributed by atoms with Crippen molar-refractivity contribution < 1.29 is 27.6 Å². The number of benzene rings is 1. The number of hydrogen-bond donors (Lipinski definition) is 2. The number of Topliss-reactive ketones (excluding diaryl/α,β-unsaturated/α-hetero) is 1. The zero-order chi connectivity index (χ0) is 27.4. The number of amides is 2. The molecule has 1 aromatic rings. The molecular weight excluding hydrogens is 483 g/mol. The fourth-order valence-corrected chi connectivity index (χ4v) is 5.36. The van der Waals surface area contributed by atoms with Gasteiger partial charge in [-0.05, 0) is 55.7 Å². The van der Waals surface area contributed by atoms with Crippen LogP contribution in [0.2, 0.25) is 0 Å². The monoisotopic (exact) mass is 519 g/mol. The number of carbonyl (C=O) groups is 3. The second kappa shape index (κ2) is 9.17. The molecule has 0 radical (unpaired) electrons. The lowest BCUT2D eigenvalue weighted by Crippen LogP contribution is -2.57. The maximum Gasteiger partial charge on any atom is 0.416 e. The van der Waals surface area contributed by atoms with Crippen molar-refractivity contribution in [3.05, 3.63) is 42.5 Å². The van der Waals surface area contributed by atoms with E-state index in [-0.39, 0.29) is 29.2 Å². The molecule has 3 unspecified atom stereocenters. The van der Waals surface area contributed by atoms with Crippen molar-refractivity contribution in [2.45, 2.75) is 83.6 Å². The predicted octanol–water partition coefficient (Wildman–Crippen LogP) is 4.95. The summed E-state index contributed by atoms with van der Waals surface area (Å²) in [7, 11) is 0. The molecule has 202 valence electrons. The Balaban J connectivity index is 1.53. The molecule has 0 bridgehead atoms. The molecule has 2 saturated carbocycles. The maximum atomic E-state index is 13.8. The van der Waals surface area contributed by atoms with E-state index in [0.717, 1.165) is 25.0 Å². The molecule has 9 heteroatoms. The Morgan fingerprint density at radius 3 is 2.41 bits per heavy atom. The molecule has 1 aromatic carbocycles. The van der Waals surface area contributed by atoms with Gasteiger partial charge in [-0.2, -0.15) is 13.2 Å². The number of nitrogens with zero attached hydrogens (tertiary/aromatic N) is 1. The molecule has 1 aliphatic heterocycles. The molecule has 2 N–H and O–H groups in total. The molecule has 6 nitrogen and oxygen atoms in total. The minimum atomic E-state index is -4.51. The van der Waals surface area contributed by atoms with Gasteiger partial charge >= 0.3 is 6.18 Å². The van der Waals surface area contributed by atoms with E-state index in [1.165, 1.54) is 17.0 Å². The maximum absolute atomic E-state index is 13.8. The molecule has 1 saturated heterocycles. The molecule has 2 amide bonds. The third-order valence-corrected chi connectivity index (χ3v) is 8.05. The van der Waals surface area contributed by atoms with Gasteiger partial charge in [0, 0.05) is 23.6 Å². The normalized spacial score (nSPS) is 27.3. The van der Waals surface area contributed by atoms with Gasteiger partial charge in [-0.3, -0.25) is 14.4 Å². The molecule has 4 rings (SSSR count). The Kier molecular flexibility index (Phi) is 6.74. The van der Waals surface area contributed by atoms with Crippen molar-refractivity contribution >= 4 is 23.3 Å². The summed E-state index contributed by atoms with van der Waals surface area (Å²) in [6, 6.07) is 3.13. The van der Waals surface area contributed by atoms with Crippen LogP contribution in [-0.2, 0) is 20.6 Å². The van der Waals surface area contributed by atoms with Crippen LogP contribution in [0.5, 0.6) is 0 Å². The molecule has 3 aliphatic rings. The number of likely N-dealkylation sites (tertiary alicyclic amines) is 1. The van der Waals surface area contributed by atoms with Gasteiger partial charge < -0.3 is 15.5 Å². The molecular formula is C28H36F3N3O3. The summed E-state index contributed by atoms with van der Waals surface area (Å²) in [5, 5.41) is 5.99. The lowest BCUT2D eigenvalue weighted by atomic mass is 9.85. The largest absolute Gasteiger partial charge is 0.416 e. The van der Waals surface area contributed by atoms with Crippen molar-refractivity contribution in [2.75, 3.05) is 11.9 Å². The van der Waals surface area contributed by atoms with Gasteiger partial charge in [0.15, 0.2) is 5.78 Å². The summed E-state index contributed by atoms with van der Waals surface area (Å²) < 4.78 is 39.7. The number of carbonyl (C=O) groups excluding carboxylic acids is 3. The fourth-order valence-electron chi connectivity index (χ4n) is 5.36. The summed E-state index contributed by atoms with van der Waals surface area (Å²) in [5.41, 5.74) is -2.66. The third-order valence-electron chi connectivity index (χ3n) is 8.05. The number of nitrogens with one attached hydrogen (secondary N) is 2. The quantitative estimate of drug-likeness (QED) is 0.477. The highest BCUT2D eigenvalue weighted by Crippen LogP contribution is 2.56. The first-order valence-electron chi connectivity index (χ1n) is 12.9. The van der Waals surface area contributed by atoms with E-state index < -0.39 is 40.2 Å². The van der Waals surface area contributed by atoms with E-state index in [9.17, 15) is 27.6 Å². The van der Waals surface area contributed by atoms with E-state index in [1.54, 1.807) is 6.08 Å². The van der Waals surface area contributed by atoms with Crippen molar-refractivity contribution in [3.63, 3.8) is 0 Å². The number of anilines is 1. The molecule has 3 fully saturated rings. The van der Waals surface area contributed by atoms with Crippen LogP contribution < -0.4 is 10.6 Å². The lowest BCUT2D eigenvalue weighted by molar-refractivity contribution is -0.142. The van der Waals surface area contributed by atoms with Crippen LogP contribution in [0.15, 0.2) is 36.9 Å². The second-order valence-corrected chi connectivity index (χ2v) is 12.1. The zero-order valence-corrected chi connectivity index (χ0v) is 21.9. The Labute approximate surface area is 216 Å². The number of ketones is 1. The molecule has 1 heterocycles. The van der Waals surface area contributed by atoms with Crippen LogP contribution in [-0.4, -0.2) is 46.7 Å². The van der Waals surface area contributed by atoms with Gasteiger partial charge in [-0.1, -0.05) is 39.8 Å². The topological polar surface area (TPSA) is 78.5 Å². The minimum Gasteiger partial charge on any atom is -0.373 e. The van der Waals surface area contributed by atoms with Gasteiger partial charge in [0.2, 0.25) is 11.8 Å². The number of halogens is 3. The number of hydrogen-bond acceptors (Lipinski definition) is 4. The molecule has 0 aromatic heterocycles. The van der Waals surface area contributed by atoms with E-state index in [4.69, 9.17) is 0 Å². The fraction of sp³-hybridized carbons (Fsp3) is 0.607. The standard InChI is InChI=1S/C28H36F3N3O3/c1-6-17-16-27(17,24(37)26(5)12-13-26)33-22(35)20-11-8-14-34(20)23(36)21(25(2,3)4)32-19-10-7-9-18(15-19)28(29,30)31/h6-7,9-10,15,17,20-21,32H,1,8,11-14,16H2,2-5H3,(H,33,35)/t17?,20?,21?,27-/m1/s1. The average molecular weight is 520 g/mol. The average Bonchev–Trinajstić information content (AvgIpc) is 3.67. The first-order chi connectivity index (χ1) is 17.1. The van der Waals surface area contributed by atoms with Crippen LogP contribution in [0.25, 0.3) is 0 Å². The SMILES string of the molecule is C=CC1C[C@]1(NC(=O)C1CCCN1C(=O)C(Nc1cccc(C(F)(F)F)c1)C(C)(C)C)C(=O)C1(C)CC1. The van der Waals surface area contributed by atoms with E-state index in [1.807, 2.05) is 27.7 Å². The van der Waals surface area contributed by atoms with Gasteiger partial charge in [0.05, 0.1) is 5.56 Å². The molecule has 4 atom stereocenters. The van der Waals surface area contributed by atoms with Gasteiger partial charge in [0.25, 0.3) is 0 Å². The Bertz CT molecular complexity index is 1110. The van der Waals surface area contributed by atoms with Gasteiger partial charge in [-0.25, -0.2) is 0 Å². The van der Waals surface area contributed by atoms with Crippen LogP contribution in [0.4, 0.5) is 18.9 Å². The van der Waals surface area contributed by atoms with Crippen molar-refractivity contribution in [2.24, 2.45) is 16.7 Å². The van der Waals surface area contributed by atoms with E-state index in [0.29, 0.717) is 25.8 Å². The molecule has 37 heavy (non-hydrogen) atoms. The first kappa shape index (κ1) is 27.2. The predicted molar refractivity (Wildman–Crippen MR) is 135 cm³/mol. The summed E-state index contributed by atoms with van der Waals surface area (Å²) in [5.74, 6) is -0.808. The van der Waals surface area contributed by atoms with Gasteiger partial charge in [0.1, 0.15) is 17.6 Å². The Morgan fingerprint density at radius 2 is 1.86 bits per heavy atom. The smallest absolute Gasteiger partial charge is 0.373 e. The molecule has 0 spiro atoms. The lowest BCUT2D eigenvalue weighted by Gasteiger charge is -2.36. The summed E-state index contributed by atoms with van der Waals surface area (Å²) in [6.45, 7) is 11.6. The van der Waals surface area contributed by atoms with Crippen molar-refractivity contribution in [3.8, 4) is 0 Å². The Hall–Kier alpha value is -2.84. The van der Waals surface area contributed by atoms with Crippen LogP contribution in [0, 0.1) is 16.7 Å². The minimum absolute atomic E-state index is 0.0351. The number of alkyl halides is 3. The molecule has 2 aliphatic carbocycles. The van der Waals surface area contributed by atoms with Gasteiger partial charge in [-0.15, -0.1) is 6.58 Å². The van der Waals surface area contributed by atoms with Crippen LogP contribution >= 0.6 is 0 Å². The number of rotatable bonds is 8.